The summed E-state index contributed by atoms with van der Waals surface area (Å²) in [6.07, 6.45) is 4.15. The highest BCUT2D eigenvalue weighted by Gasteiger charge is 2.21. The van der Waals surface area contributed by atoms with Crippen LogP contribution in [0.1, 0.15) is 24.7 Å². The van der Waals surface area contributed by atoms with Crippen LogP contribution in [-0.2, 0) is 4.74 Å². The van der Waals surface area contributed by atoms with E-state index in [9.17, 15) is 0 Å². The topological polar surface area (TPSA) is 39.9 Å². The first-order chi connectivity index (χ1) is 10.2. The van der Waals surface area contributed by atoms with E-state index in [0.717, 1.165) is 42.9 Å². The molecule has 108 valence electrons. The molecule has 0 amide bonds. The first-order valence-electron chi connectivity index (χ1n) is 7.24. The second kappa shape index (κ2) is 5.21. The monoisotopic (exact) mass is 393 g/mol. The van der Waals surface area contributed by atoms with Gasteiger partial charge in [0.25, 0.3) is 0 Å². The molecule has 2 aromatic heterocycles. The van der Waals surface area contributed by atoms with Crippen LogP contribution in [0, 0.1) is 10.5 Å². The van der Waals surface area contributed by atoms with Crippen LogP contribution in [0.3, 0.4) is 0 Å². The van der Waals surface area contributed by atoms with E-state index in [1.165, 1.54) is 14.5 Å². The lowest BCUT2D eigenvalue weighted by Crippen LogP contribution is -2.22. The first-order valence-corrected chi connectivity index (χ1v) is 8.32. The van der Waals surface area contributed by atoms with Gasteiger partial charge in [0.2, 0.25) is 0 Å². The zero-order chi connectivity index (χ0) is 14.4. The van der Waals surface area contributed by atoms with Crippen LogP contribution in [0.2, 0.25) is 0 Å². The fraction of sp³-hybridized carbons (Fsp3) is 0.375. The van der Waals surface area contributed by atoms with E-state index in [4.69, 9.17) is 9.72 Å². The summed E-state index contributed by atoms with van der Waals surface area (Å²) in [6, 6.07) is 6.76. The molecule has 0 spiro atoms. The summed E-state index contributed by atoms with van der Waals surface area (Å²) in [5.41, 5.74) is 3.21. The van der Waals surface area contributed by atoms with E-state index in [-0.39, 0.29) is 0 Å². The number of hydrogen-bond acceptors (Lipinski definition) is 3. The molecule has 0 N–H and O–H groups in total. The van der Waals surface area contributed by atoms with Crippen molar-refractivity contribution in [1.82, 2.24) is 14.5 Å². The lowest BCUT2D eigenvalue weighted by molar-refractivity contribution is 0.0599. The minimum atomic E-state index is 0.382. The van der Waals surface area contributed by atoms with Gasteiger partial charge in [-0.1, -0.05) is 0 Å². The summed E-state index contributed by atoms with van der Waals surface area (Å²) in [7, 11) is 0. The number of rotatable bonds is 1. The van der Waals surface area contributed by atoms with Crippen LogP contribution in [0.15, 0.2) is 24.4 Å². The minimum Gasteiger partial charge on any atom is -0.379 e. The molecule has 1 fully saturated rings. The molecule has 0 bridgehead atoms. The van der Waals surface area contributed by atoms with Gasteiger partial charge in [-0.3, -0.25) is 4.98 Å². The Kier molecular flexibility index (Phi) is 3.34. The molecule has 3 heterocycles. The molecule has 1 aliphatic rings. The zero-order valence-corrected chi connectivity index (χ0v) is 14.0. The van der Waals surface area contributed by atoms with Crippen molar-refractivity contribution in [3.63, 3.8) is 0 Å². The standard InChI is InChI=1S/C16H16IN3O/c1-10-19-15-8-18-14-5-4-11(17)7-13(14)16(15)20(10)12-3-2-6-21-9-12/h4-5,7-8,12H,2-3,6,9H2,1H3. The van der Waals surface area contributed by atoms with Crippen LogP contribution in [0.25, 0.3) is 21.9 Å². The van der Waals surface area contributed by atoms with Crippen molar-refractivity contribution in [2.75, 3.05) is 13.2 Å². The van der Waals surface area contributed by atoms with Gasteiger partial charge in [0, 0.05) is 15.6 Å². The maximum atomic E-state index is 5.68. The van der Waals surface area contributed by atoms with Gasteiger partial charge in [-0.15, -0.1) is 0 Å². The number of aromatic nitrogens is 3. The predicted molar refractivity (Wildman–Crippen MR) is 91.6 cm³/mol. The Morgan fingerprint density at radius 2 is 2.24 bits per heavy atom. The molecule has 4 nitrogen and oxygen atoms in total. The van der Waals surface area contributed by atoms with E-state index < -0.39 is 0 Å². The maximum absolute atomic E-state index is 5.68. The molecule has 4 rings (SSSR count). The van der Waals surface area contributed by atoms with Crippen molar-refractivity contribution in [3.05, 3.63) is 33.8 Å². The number of hydrogen-bond donors (Lipinski definition) is 0. The van der Waals surface area contributed by atoms with E-state index >= 15 is 0 Å². The number of fused-ring (bicyclic) bond motifs is 3. The van der Waals surface area contributed by atoms with Crippen LogP contribution in [-0.4, -0.2) is 27.7 Å². The summed E-state index contributed by atoms with van der Waals surface area (Å²) in [5, 5.41) is 1.19. The summed E-state index contributed by atoms with van der Waals surface area (Å²) >= 11 is 2.35. The Balaban J connectivity index is 2.04. The molecule has 1 aromatic carbocycles. The second-order valence-electron chi connectivity index (χ2n) is 5.55. The van der Waals surface area contributed by atoms with Gasteiger partial charge in [0.05, 0.1) is 29.9 Å². The minimum absolute atomic E-state index is 0.382. The normalized spacial score (nSPS) is 19.4. The highest BCUT2D eigenvalue weighted by atomic mass is 127. The van der Waals surface area contributed by atoms with Gasteiger partial charge >= 0.3 is 0 Å². The Morgan fingerprint density at radius 1 is 1.33 bits per heavy atom. The summed E-state index contributed by atoms with van der Waals surface area (Å²) < 4.78 is 9.26. The van der Waals surface area contributed by atoms with Crippen molar-refractivity contribution >= 4 is 44.5 Å². The van der Waals surface area contributed by atoms with Crippen molar-refractivity contribution in [1.29, 1.82) is 0 Å². The number of nitrogens with zero attached hydrogens (tertiary/aromatic N) is 3. The summed E-state index contributed by atoms with van der Waals surface area (Å²) in [6.45, 7) is 3.73. The molecule has 1 atom stereocenters. The van der Waals surface area contributed by atoms with Gasteiger partial charge in [0.1, 0.15) is 11.3 Å². The number of aryl methyl sites for hydroxylation is 1. The summed E-state index contributed by atoms with van der Waals surface area (Å²) in [4.78, 5) is 9.25. The lowest BCUT2D eigenvalue weighted by atomic mass is 10.1. The highest BCUT2D eigenvalue weighted by Crippen LogP contribution is 2.31. The number of imidazole rings is 1. The van der Waals surface area contributed by atoms with E-state index in [0.29, 0.717) is 6.04 Å². The third kappa shape index (κ3) is 2.23. The van der Waals surface area contributed by atoms with Crippen LogP contribution in [0.5, 0.6) is 0 Å². The zero-order valence-electron chi connectivity index (χ0n) is 11.8. The largest absolute Gasteiger partial charge is 0.379 e. The average molecular weight is 393 g/mol. The molecular formula is C16H16IN3O. The van der Waals surface area contributed by atoms with Crippen molar-refractivity contribution in [2.45, 2.75) is 25.8 Å². The first kappa shape index (κ1) is 13.5. The van der Waals surface area contributed by atoms with Crippen molar-refractivity contribution < 1.29 is 4.74 Å². The Bertz CT molecular complexity index is 821. The van der Waals surface area contributed by atoms with Crippen LogP contribution < -0.4 is 0 Å². The molecule has 0 saturated carbocycles. The average Bonchev–Trinajstić information content (AvgIpc) is 2.84. The Labute approximate surface area is 136 Å². The maximum Gasteiger partial charge on any atom is 0.108 e. The quantitative estimate of drug-likeness (QED) is 0.590. The van der Waals surface area contributed by atoms with Crippen molar-refractivity contribution in [2.24, 2.45) is 0 Å². The van der Waals surface area contributed by atoms with Gasteiger partial charge < -0.3 is 9.30 Å². The fourth-order valence-corrected chi connectivity index (χ4v) is 3.73. The number of ether oxygens (including phenoxy) is 1. The molecule has 0 aliphatic carbocycles. The fourth-order valence-electron chi connectivity index (χ4n) is 3.24. The van der Waals surface area contributed by atoms with E-state index in [2.05, 4.69) is 57.3 Å². The molecule has 0 radical (unpaired) electrons. The van der Waals surface area contributed by atoms with Crippen LogP contribution in [0.4, 0.5) is 0 Å². The molecule has 1 saturated heterocycles. The van der Waals surface area contributed by atoms with E-state index in [1.807, 2.05) is 6.20 Å². The van der Waals surface area contributed by atoms with Gasteiger partial charge in [-0.05, 0) is 60.6 Å². The summed E-state index contributed by atoms with van der Waals surface area (Å²) in [5.74, 6) is 1.05. The van der Waals surface area contributed by atoms with Crippen LogP contribution >= 0.6 is 22.6 Å². The van der Waals surface area contributed by atoms with Crippen molar-refractivity contribution in [3.8, 4) is 0 Å². The van der Waals surface area contributed by atoms with Gasteiger partial charge in [-0.2, -0.15) is 0 Å². The molecular weight excluding hydrogens is 377 g/mol. The van der Waals surface area contributed by atoms with Gasteiger partial charge in [0.15, 0.2) is 0 Å². The molecule has 3 aromatic rings. The molecule has 1 aliphatic heterocycles. The van der Waals surface area contributed by atoms with E-state index in [1.54, 1.807) is 0 Å². The number of halogens is 1. The third-order valence-corrected chi connectivity index (χ3v) is 4.83. The molecule has 1 unspecified atom stereocenters. The number of benzene rings is 1. The second-order valence-corrected chi connectivity index (χ2v) is 6.80. The molecule has 21 heavy (non-hydrogen) atoms. The SMILES string of the molecule is Cc1nc2cnc3ccc(I)cc3c2n1C1CCCOC1. The molecule has 5 heteroatoms. The number of pyridine rings is 1. The third-order valence-electron chi connectivity index (χ3n) is 4.16. The lowest BCUT2D eigenvalue weighted by Gasteiger charge is -2.25. The Hall–Kier alpha value is -1.21. The highest BCUT2D eigenvalue weighted by molar-refractivity contribution is 14.1. The predicted octanol–water partition coefficient (Wildman–Crippen LogP) is 3.85. The smallest absolute Gasteiger partial charge is 0.108 e. The Morgan fingerprint density at radius 3 is 3.05 bits per heavy atom. The van der Waals surface area contributed by atoms with Gasteiger partial charge in [-0.25, -0.2) is 4.98 Å².